The molecule has 47 heavy (non-hydrogen) atoms. The second kappa shape index (κ2) is 12.1. The first-order valence-electron chi connectivity index (χ1n) is 15.9. The summed E-state index contributed by atoms with van der Waals surface area (Å²) in [6, 6.07) is 5.31. The molecule has 13 heteroatoms. The monoisotopic (exact) mass is 667 g/mol. The van der Waals surface area contributed by atoms with Gasteiger partial charge in [-0.2, -0.15) is 15.1 Å². The summed E-state index contributed by atoms with van der Waals surface area (Å²) >= 11 is 7.01. The first-order chi connectivity index (χ1) is 22.1. The molecular weight excluding hydrogens is 625 g/mol. The molecule has 252 valence electrons. The first kappa shape index (κ1) is 33.2. The number of carbonyl (C=O) groups is 1. The molecule has 1 unspecified atom stereocenters. The van der Waals surface area contributed by atoms with Gasteiger partial charge in [-0.05, 0) is 44.9 Å². The van der Waals surface area contributed by atoms with Crippen molar-refractivity contribution < 1.29 is 23.8 Å². The van der Waals surface area contributed by atoms with Gasteiger partial charge in [-0.3, -0.25) is 9.58 Å². The van der Waals surface area contributed by atoms with Crippen LogP contribution in [0.25, 0.3) is 32.9 Å². The Hall–Kier alpha value is -3.74. The van der Waals surface area contributed by atoms with E-state index in [1.165, 1.54) is 4.90 Å². The molecule has 11 nitrogen and oxygen atoms in total. The summed E-state index contributed by atoms with van der Waals surface area (Å²) in [6.07, 6.45) is 0.558. The second-order valence-corrected chi connectivity index (χ2v) is 14.6. The predicted octanol–water partition coefficient (Wildman–Crippen LogP) is 5.99. The Labute approximate surface area is 279 Å². The first-order valence-corrected chi connectivity index (χ1v) is 16.3. The van der Waals surface area contributed by atoms with Crippen LogP contribution in [-0.4, -0.2) is 105 Å². The summed E-state index contributed by atoms with van der Waals surface area (Å²) in [4.78, 5) is 27.7. The van der Waals surface area contributed by atoms with Crippen molar-refractivity contribution in [2.24, 2.45) is 12.5 Å². The van der Waals surface area contributed by atoms with Crippen LogP contribution in [0.2, 0.25) is 5.02 Å². The molecule has 0 bridgehead atoms. The van der Waals surface area contributed by atoms with Crippen LogP contribution >= 0.6 is 11.6 Å². The lowest BCUT2D eigenvalue weighted by Crippen LogP contribution is -2.70. The minimum atomic E-state index is -0.985. The van der Waals surface area contributed by atoms with Crippen LogP contribution in [0.3, 0.4) is 0 Å². The zero-order valence-corrected chi connectivity index (χ0v) is 29.0. The fourth-order valence-electron chi connectivity index (χ4n) is 6.84. The van der Waals surface area contributed by atoms with Crippen molar-refractivity contribution in [2.45, 2.75) is 59.2 Å². The van der Waals surface area contributed by atoms with Gasteiger partial charge >= 0.3 is 12.1 Å². The van der Waals surface area contributed by atoms with Crippen LogP contribution in [0.1, 0.15) is 40.2 Å². The van der Waals surface area contributed by atoms with Crippen molar-refractivity contribution in [3.63, 3.8) is 0 Å². The summed E-state index contributed by atoms with van der Waals surface area (Å²) in [5.74, 6) is -0.163. The Balaban J connectivity index is 1.55. The molecule has 4 aromatic rings. The summed E-state index contributed by atoms with van der Waals surface area (Å²) in [5, 5.41) is 16.1. The number of halogens is 2. The molecule has 3 atom stereocenters. The van der Waals surface area contributed by atoms with Gasteiger partial charge in [0.05, 0.1) is 28.9 Å². The number of nitrogens with zero attached hydrogens (tertiary/aromatic N) is 7. The van der Waals surface area contributed by atoms with E-state index >= 15 is 4.39 Å². The highest BCUT2D eigenvalue weighted by atomic mass is 35.5. The van der Waals surface area contributed by atoms with Gasteiger partial charge in [-0.25, -0.2) is 9.18 Å². The molecule has 0 spiro atoms. The van der Waals surface area contributed by atoms with E-state index in [-0.39, 0.29) is 47.4 Å². The number of rotatable bonds is 5. The Morgan fingerprint density at radius 2 is 1.96 bits per heavy atom. The zero-order valence-electron chi connectivity index (χ0n) is 28.3. The van der Waals surface area contributed by atoms with Gasteiger partial charge in [-0.15, -0.1) is 0 Å². The van der Waals surface area contributed by atoms with Crippen molar-refractivity contribution in [1.82, 2.24) is 29.5 Å². The highest BCUT2D eigenvalue weighted by molar-refractivity contribution is 6.35. The average molecular weight is 668 g/mol. The maximum atomic E-state index is 17.1. The van der Waals surface area contributed by atoms with E-state index in [0.29, 0.717) is 36.5 Å². The predicted molar refractivity (Wildman–Crippen MR) is 181 cm³/mol. The van der Waals surface area contributed by atoms with Crippen molar-refractivity contribution in [2.75, 3.05) is 51.3 Å². The molecule has 4 heterocycles. The number of hydrogen-bond donors (Lipinski definition) is 1. The Bertz CT molecular complexity index is 1860. The van der Waals surface area contributed by atoms with E-state index in [2.05, 4.69) is 15.0 Å². The minimum absolute atomic E-state index is 0.0114. The SMILES string of the molecule is Cc1ccc2cnn(C)c2c1-c1c(Cl)cc2c(N3C[C@@](C)(C(C)(C)C)N(C(=O)O)C[C@@H]3C)nc(OCC3CN(C)CCO3)nc2c1F. The molecule has 0 saturated carbocycles. The number of aryl methyl sites for hydroxylation is 2. The van der Waals surface area contributed by atoms with Crippen molar-refractivity contribution in [3.05, 3.63) is 40.8 Å². The van der Waals surface area contributed by atoms with Crippen molar-refractivity contribution >= 4 is 45.3 Å². The topological polar surface area (TPSA) is 109 Å². The number of piperazine rings is 1. The number of carboxylic acid groups (broad SMARTS) is 1. The number of hydrogen-bond acceptors (Lipinski definition) is 8. The van der Waals surface area contributed by atoms with Gasteiger partial charge in [-0.1, -0.05) is 44.5 Å². The van der Waals surface area contributed by atoms with Crippen molar-refractivity contribution in [1.29, 1.82) is 0 Å². The summed E-state index contributed by atoms with van der Waals surface area (Å²) < 4.78 is 30.9. The third kappa shape index (κ3) is 5.74. The van der Waals surface area contributed by atoms with E-state index in [1.54, 1.807) is 16.9 Å². The van der Waals surface area contributed by atoms with E-state index in [1.807, 2.05) is 72.7 Å². The lowest BCUT2D eigenvalue weighted by molar-refractivity contribution is -0.0416. The minimum Gasteiger partial charge on any atom is -0.465 e. The smallest absolute Gasteiger partial charge is 0.407 e. The van der Waals surface area contributed by atoms with Crippen LogP contribution < -0.4 is 9.64 Å². The van der Waals surface area contributed by atoms with E-state index in [0.717, 1.165) is 23.0 Å². The molecule has 2 aromatic heterocycles. The number of morpholine rings is 1. The Kier molecular flexibility index (Phi) is 8.51. The standard InChI is InChI=1S/C34H43ClFN7O4/c1-19-9-10-21-14-37-41(8)29(21)25(19)26-24(35)13-23-28(27(26)36)38-31(47-17-22-16-40(7)11-12-46-22)39-30(23)42-18-34(6,33(3,4)5)43(32(44)45)15-20(42)2/h9-10,13-14,20,22H,11-12,15-18H2,1-8H3,(H,44,45)/t20-,22?,34-/m0/s1. The fraction of sp³-hybridized carbons (Fsp3) is 0.529. The molecule has 2 aliphatic rings. The average Bonchev–Trinajstić information content (AvgIpc) is 3.37. The molecule has 1 N–H and O–H groups in total. The zero-order chi connectivity index (χ0) is 34.0. The highest BCUT2D eigenvalue weighted by Gasteiger charge is 2.51. The summed E-state index contributed by atoms with van der Waals surface area (Å²) in [7, 11) is 3.84. The van der Waals surface area contributed by atoms with E-state index in [4.69, 9.17) is 26.1 Å². The molecule has 0 radical (unpaired) electrons. The van der Waals surface area contributed by atoms with Crippen LogP contribution in [0, 0.1) is 18.2 Å². The van der Waals surface area contributed by atoms with Crippen LogP contribution in [0.15, 0.2) is 24.4 Å². The fourth-order valence-corrected chi connectivity index (χ4v) is 7.13. The maximum Gasteiger partial charge on any atom is 0.407 e. The maximum absolute atomic E-state index is 17.1. The molecule has 2 aliphatic heterocycles. The number of fused-ring (bicyclic) bond motifs is 2. The van der Waals surface area contributed by atoms with Gasteiger partial charge in [0.2, 0.25) is 0 Å². The Morgan fingerprint density at radius 1 is 1.21 bits per heavy atom. The molecule has 1 amide bonds. The summed E-state index contributed by atoms with van der Waals surface area (Å²) in [6.45, 7) is 14.7. The van der Waals surface area contributed by atoms with Gasteiger partial charge in [0.1, 0.15) is 24.0 Å². The van der Waals surface area contributed by atoms with Gasteiger partial charge in [0, 0.05) is 61.2 Å². The number of likely N-dealkylation sites (N-methyl/N-ethyl adjacent to an activating group) is 1. The normalized spacial score (nSPS) is 22.8. The molecule has 6 rings (SSSR count). The molecule has 2 saturated heterocycles. The molecule has 2 fully saturated rings. The summed E-state index contributed by atoms with van der Waals surface area (Å²) in [5.41, 5.74) is 1.28. The molecular formula is C34H43ClFN7O4. The molecule has 0 aliphatic carbocycles. The molecule has 2 aromatic carbocycles. The quantitative estimate of drug-likeness (QED) is 0.275. The van der Waals surface area contributed by atoms with Gasteiger partial charge < -0.3 is 24.4 Å². The van der Waals surface area contributed by atoms with E-state index in [9.17, 15) is 9.90 Å². The number of anilines is 1. The Morgan fingerprint density at radius 3 is 2.64 bits per heavy atom. The third-order valence-electron chi connectivity index (χ3n) is 10.1. The van der Waals surface area contributed by atoms with Gasteiger partial charge in [0.25, 0.3) is 0 Å². The largest absolute Gasteiger partial charge is 0.465 e. The van der Waals surface area contributed by atoms with Crippen LogP contribution in [0.5, 0.6) is 6.01 Å². The van der Waals surface area contributed by atoms with Gasteiger partial charge in [0.15, 0.2) is 5.82 Å². The second-order valence-electron chi connectivity index (χ2n) is 14.2. The lowest BCUT2D eigenvalue weighted by Gasteiger charge is -2.56. The highest BCUT2D eigenvalue weighted by Crippen LogP contribution is 2.45. The number of benzene rings is 2. The van der Waals surface area contributed by atoms with Crippen LogP contribution in [0.4, 0.5) is 15.0 Å². The van der Waals surface area contributed by atoms with E-state index < -0.39 is 22.9 Å². The van der Waals surface area contributed by atoms with Crippen LogP contribution in [-0.2, 0) is 11.8 Å². The number of aromatic nitrogens is 4. The number of amides is 1. The number of ether oxygens (including phenoxy) is 2. The third-order valence-corrected chi connectivity index (χ3v) is 10.4. The lowest BCUT2D eigenvalue weighted by atomic mass is 9.71. The van der Waals surface area contributed by atoms with Crippen molar-refractivity contribution in [3.8, 4) is 17.1 Å².